The molecule has 2 rings (SSSR count). The topological polar surface area (TPSA) is 59.4 Å². The van der Waals surface area contributed by atoms with Gasteiger partial charge in [0, 0.05) is 17.2 Å². The van der Waals surface area contributed by atoms with Crippen molar-refractivity contribution in [2.45, 2.75) is 19.8 Å². The van der Waals surface area contributed by atoms with Gasteiger partial charge >= 0.3 is 5.97 Å². The van der Waals surface area contributed by atoms with Crippen molar-refractivity contribution >= 4 is 22.9 Å². The predicted molar refractivity (Wildman–Crippen MR) is 79.1 cm³/mol. The molecule has 0 saturated heterocycles. The number of aliphatic carboxylic acids is 1. The van der Waals surface area contributed by atoms with Crippen molar-refractivity contribution in [2.75, 3.05) is 7.11 Å². The molecule has 1 aromatic heterocycles. The van der Waals surface area contributed by atoms with E-state index in [0.717, 1.165) is 28.2 Å². The Labute approximate surface area is 117 Å². The Bertz CT molecular complexity index is 675. The number of nitrogens with zero attached hydrogens (tertiary/aromatic N) is 1. The van der Waals surface area contributed by atoms with E-state index in [1.807, 2.05) is 38.1 Å². The average molecular weight is 271 g/mol. The summed E-state index contributed by atoms with van der Waals surface area (Å²) in [5.74, 6) is -0.0276. The van der Waals surface area contributed by atoms with E-state index in [9.17, 15) is 4.79 Å². The Morgan fingerprint density at radius 3 is 2.75 bits per heavy atom. The largest absolute Gasteiger partial charge is 0.494 e. The fraction of sp³-hybridized carbons (Fsp3) is 0.250. The third-order valence-corrected chi connectivity index (χ3v) is 3.07. The molecule has 0 aliphatic carbocycles. The molecule has 0 spiro atoms. The Balaban J connectivity index is 2.73. The van der Waals surface area contributed by atoms with Gasteiger partial charge in [-0.2, -0.15) is 0 Å². The summed E-state index contributed by atoms with van der Waals surface area (Å²) in [6.07, 6.45) is 2.73. The van der Waals surface area contributed by atoms with Gasteiger partial charge in [0.15, 0.2) is 0 Å². The molecule has 0 aliphatic heterocycles. The predicted octanol–water partition coefficient (Wildman–Crippen LogP) is 3.46. The molecule has 1 heterocycles. The Morgan fingerprint density at radius 2 is 2.15 bits per heavy atom. The van der Waals surface area contributed by atoms with Gasteiger partial charge in [-0.25, -0.2) is 9.78 Å². The van der Waals surface area contributed by atoms with Crippen molar-refractivity contribution < 1.29 is 14.6 Å². The number of fused-ring (bicyclic) bond motifs is 1. The summed E-state index contributed by atoms with van der Waals surface area (Å²) in [5.41, 5.74) is 2.50. The first-order valence-electron chi connectivity index (χ1n) is 6.41. The lowest BCUT2D eigenvalue weighted by molar-refractivity contribution is -0.131. The lowest BCUT2D eigenvalue weighted by Crippen LogP contribution is -1.97. The molecule has 1 N–H and O–H groups in total. The summed E-state index contributed by atoms with van der Waals surface area (Å²) in [6, 6.07) is 7.56. The third-order valence-electron chi connectivity index (χ3n) is 3.07. The lowest BCUT2D eigenvalue weighted by atomic mass is 10.0. The highest BCUT2D eigenvalue weighted by Crippen LogP contribution is 2.29. The van der Waals surface area contributed by atoms with Crippen molar-refractivity contribution in [3.05, 3.63) is 41.6 Å². The molecule has 0 saturated carbocycles. The van der Waals surface area contributed by atoms with E-state index in [1.165, 1.54) is 0 Å². The summed E-state index contributed by atoms with van der Waals surface area (Å²) in [4.78, 5) is 15.4. The van der Waals surface area contributed by atoms with E-state index >= 15 is 0 Å². The number of pyridine rings is 1. The number of methoxy groups -OCH3 is 1. The average Bonchev–Trinajstić information content (AvgIpc) is 2.43. The monoisotopic (exact) mass is 271 g/mol. The number of hydrogen-bond donors (Lipinski definition) is 1. The van der Waals surface area contributed by atoms with Gasteiger partial charge in [-0.1, -0.05) is 26.0 Å². The van der Waals surface area contributed by atoms with Crippen LogP contribution >= 0.6 is 0 Å². The molecule has 1 aromatic carbocycles. The van der Waals surface area contributed by atoms with E-state index in [2.05, 4.69) is 4.98 Å². The maximum Gasteiger partial charge on any atom is 0.328 e. The van der Waals surface area contributed by atoms with Crippen molar-refractivity contribution in [1.29, 1.82) is 0 Å². The second-order valence-corrected chi connectivity index (χ2v) is 4.82. The standard InChI is InChI=1S/C16H17NO3/c1-10(2)13-9-11(7-8-15(18)19)12-5-4-6-14(20-3)16(12)17-13/h4-10H,1-3H3,(H,18,19)/b8-7+. The van der Waals surface area contributed by atoms with Crippen LogP contribution in [0.5, 0.6) is 5.75 Å². The van der Waals surface area contributed by atoms with Gasteiger partial charge in [-0.15, -0.1) is 0 Å². The number of para-hydroxylation sites is 1. The van der Waals surface area contributed by atoms with Crippen LogP contribution < -0.4 is 4.74 Å². The van der Waals surface area contributed by atoms with Crippen LogP contribution in [0.25, 0.3) is 17.0 Å². The van der Waals surface area contributed by atoms with Gasteiger partial charge < -0.3 is 9.84 Å². The minimum absolute atomic E-state index is 0.251. The summed E-state index contributed by atoms with van der Waals surface area (Å²) >= 11 is 0. The summed E-state index contributed by atoms with van der Waals surface area (Å²) in [7, 11) is 1.60. The van der Waals surface area contributed by atoms with Crippen molar-refractivity contribution in [1.82, 2.24) is 4.98 Å². The van der Waals surface area contributed by atoms with Gasteiger partial charge in [0.05, 0.1) is 7.11 Å². The van der Waals surface area contributed by atoms with Gasteiger partial charge in [0.2, 0.25) is 0 Å². The fourth-order valence-corrected chi connectivity index (χ4v) is 2.03. The number of carboxylic acid groups (broad SMARTS) is 1. The minimum Gasteiger partial charge on any atom is -0.494 e. The molecular formula is C16H17NO3. The second-order valence-electron chi connectivity index (χ2n) is 4.82. The van der Waals surface area contributed by atoms with Crippen LogP contribution in [0.1, 0.15) is 31.0 Å². The smallest absolute Gasteiger partial charge is 0.328 e. The molecule has 0 atom stereocenters. The van der Waals surface area contributed by atoms with Crippen LogP contribution in [0.4, 0.5) is 0 Å². The number of aromatic nitrogens is 1. The minimum atomic E-state index is -0.969. The molecule has 0 unspecified atom stereocenters. The first-order chi connectivity index (χ1) is 9.52. The van der Waals surface area contributed by atoms with Crippen LogP contribution in [-0.4, -0.2) is 23.2 Å². The number of carbonyl (C=O) groups is 1. The van der Waals surface area contributed by atoms with Gasteiger partial charge in [0.25, 0.3) is 0 Å². The number of hydrogen-bond acceptors (Lipinski definition) is 3. The third kappa shape index (κ3) is 2.79. The summed E-state index contributed by atoms with van der Waals surface area (Å²) < 4.78 is 5.34. The zero-order valence-corrected chi connectivity index (χ0v) is 11.8. The second kappa shape index (κ2) is 5.74. The number of benzene rings is 1. The number of ether oxygens (including phenoxy) is 1. The summed E-state index contributed by atoms with van der Waals surface area (Å²) in [6.45, 7) is 4.10. The zero-order chi connectivity index (χ0) is 14.7. The van der Waals surface area contributed by atoms with Crippen LogP contribution in [0.2, 0.25) is 0 Å². The van der Waals surface area contributed by atoms with Crippen LogP contribution in [0.15, 0.2) is 30.3 Å². The molecule has 104 valence electrons. The zero-order valence-electron chi connectivity index (χ0n) is 11.8. The van der Waals surface area contributed by atoms with E-state index < -0.39 is 5.97 Å². The quantitative estimate of drug-likeness (QED) is 0.865. The van der Waals surface area contributed by atoms with E-state index in [1.54, 1.807) is 13.2 Å². The van der Waals surface area contributed by atoms with Gasteiger partial charge in [0.1, 0.15) is 11.3 Å². The maximum absolute atomic E-state index is 10.7. The lowest BCUT2D eigenvalue weighted by Gasteiger charge is -2.11. The SMILES string of the molecule is COc1cccc2c(/C=C/C(=O)O)cc(C(C)C)nc12. The summed E-state index contributed by atoms with van der Waals surface area (Å²) in [5, 5.41) is 9.68. The number of carboxylic acids is 1. The highest BCUT2D eigenvalue weighted by Gasteiger charge is 2.10. The molecule has 0 bridgehead atoms. The number of rotatable bonds is 4. The van der Waals surface area contributed by atoms with Crippen molar-refractivity contribution in [3.8, 4) is 5.75 Å². The molecule has 0 fully saturated rings. The first-order valence-corrected chi connectivity index (χ1v) is 6.41. The van der Waals surface area contributed by atoms with Crippen LogP contribution in [0.3, 0.4) is 0 Å². The molecule has 4 heteroatoms. The molecule has 4 nitrogen and oxygen atoms in total. The molecular weight excluding hydrogens is 254 g/mol. The highest BCUT2D eigenvalue weighted by atomic mass is 16.5. The molecule has 0 aliphatic rings. The van der Waals surface area contributed by atoms with Crippen molar-refractivity contribution in [3.63, 3.8) is 0 Å². The van der Waals surface area contributed by atoms with E-state index in [4.69, 9.17) is 9.84 Å². The normalized spacial score (nSPS) is 11.4. The first kappa shape index (κ1) is 14.1. The highest BCUT2D eigenvalue weighted by molar-refractivity contribution is 5.95. The van der Waals surface area contributed by atoms with E-state index in [0.29, 0.717) is 5.75 Å². The Kier molecular flexibility index (Phi) is 4.03. The maximum atomic E-state index is 10.7. The van der Waals surface area contributed by atoms with Gasteiger partial charge in [-0.05, 0) is 29.7 Å². The Hall–Kier alpha value is -2.36. The van der Waals surface area contributed by atoms with Gasteiger partial charge in [-0.3, -0.25) is 0 Å². The van der Waals surface area contributed by atoms with Crippen molar-refractivity contribution in [2.24, 2.45) is 0 Å². The molecule has 0 amide bonds. The molecule has 0 radical (unpaired) electrons. The molecule has 2 aromatic rings. The van der Waals surface area contributed by atoms with Crippen LogP contribution in [0, 0.1) is 0 Å². The van der Waals surface area contributed by atoms with E-state index in [-0.39, 0.29) is 5.92 Å². The molecule has 20 heavy (non-hydrogen) atoms. The van der Waals surface area contributed by atoms with Crippen LogP contribution in [-0.2, 0) is 4.79 Å². The fourth-order valence-electron chi connectivity index (χ4n) is 2.03. The Morgan fingerprint density at radius 1 is 1.40 bits per heavy atom.